The van der Waals surface area contributed by atoms with E-state index in [9.17, 15) is 4.79 Å². The topological polar surface area (TPSA) is 45.7 Å². The van der Waals surface area contributed by atoms with Crippen LogP contribution in [0.25, 0.3) is 0 Å². The van der Waals surface area contributed by atoms with Gasteiger partial charge in [-0.2, -0.15) is 0 Å². The molecule has 2 aliphatic heterocycles. The summed E-state index contributed by atoms with van der Waals surface area (Å²) in [4.78, 5) is 20.9. The number of carbonyl (C=O) groups excluding carboxylic acids is 1. The number of amides is 1. The SMILES string of the molecule is O=C(c1ccncc1)N1CCc2ccc(N3CCOCC3)cc21. The maximum atomic E-state index is 12.8. The van der Waals surface area contributed by atoms with Gasteiger partial charge in [0.15, 0.2) is 0 Å². The van der Waals surface area contributed by atoms with Crippen molar-refractivity contribution in [2.24, 2.45) is 0 Å². The van der Waals surface area contributed by atoms with Gasteiger partial charge in [-0.25, -0.2) is 0 Å². The number of morpholine rings is 1. The Balaban J connectivity index is 1.63. The van der Waals surface area contributed by atoms with Gasteiger partial charge in [0.2, 0.25) is 0 Å². The van der Waals surface area contributed by atoms with Crippen molar-refractivity contribution >= 4 is 17.3 Å². The molecule has 1 amide bonds. The van der Waals surface area contributed by atoms with Gasteiger partial charge in [0.25, 0.3) is 5.91 Å². The molecule has 0 atom stereocenters. The van der Waals surface area contributed by atoms with Crippen molar-refractivity contribution in [1.82, 2.24) is 4.98 Å². The van der Waals surface area contributed by atoms with E-state index in [4.69, 9.17) is 4.74 Å². The smallest absolute Gasteiger partial charge is 0.258 e. The highest BCUT2D eigenvalue weighted by molar-refractivity contribution is 6.07. The molecule has 0 radical (unpaired) electrons. The molecule has 5 heteroatoms. The molecule has 0 spiro atoms. The molecule has 2 aromatic rings. The zero-order chi connectivity index (χ0) is 15.6. The second-order valence-corrected chi connectivity index (χ2v) is 5.86. The van der Waals surface area contributed by atoms with E-state index >= 15 is 0 Å². The maximum absolute atomic E-state index is 12.8. The summed E-state index contributed by atoms with van der Waals surface area (Å²) in [6.45, 7) is 4.06. The lowest BCUT2D eigenvalue weighted by molar-refractivity contribution is 0.0989. The minimum absolute atomic E-state index is 0.0466. The summed E-state index contributed by atoms with van der Waals surface area (Å²) < 4.78 is 5.42. The number of fused-ring (bicyclic) bond motifs is 1. The Bertz CT molecular complexity index is 711. The van der Waals surface area contributed by atoms with Crippen LogP contribution in [0.3, 0.4) is 0 Å². The number of hydrogen-bond donors (Lipinski definition) is 0. The molecule has 3 heterocycles. The zero-order valence-electron chi connectivity index (χ0n) is 12.9. The minimum Gasteiger partial charge on any atom is -0.378 e. The van der Waals surface area contributed by atoms with Crippen LogP contribution in [0.1, 0.15) is 15.9 Å². The minimum atomic E-state index is 0.0466. The fraction of sp³-hybridized carbons (Fsp3) is 0.333. The molecular formula is C18H19N3O2. The first-order valence-electron chi connectivity index (χ1n) is 8.00. The fourth-order valence-electron chi connectivity index (χ4n) is 3.25. The van der Waals surface area contributed by atoms with E-state index in [2.05, 4.69) is 28.1 Å². The Kier molecular flexibility index (Phi) is 3.71. The molecule has 0 N–H and O–H groups in total. The molecule has 0 aliphatic carbocycles. The summed E-state index contributed by atoms with van der Waals surface area (Å²) in [7, 11) is 0. The molecule has 2 aliphatic rings. The predicted molar refractivity (Wildman–Crippen MR) is 89.1 cm³/mol. The lowest BCUT2D eigenvalue weighted by Gasteiger charge is -2.29. The van der Waals surface area contributed by atoms with Crippen LogP contribution < -0.4 is 9.80 Å². The number of ether oxygens (including phenoxy) is 1. The van der Waals surface area contributed by atoms with Gasteiger partial charge in [0, 0.05) is 49.0 Å². The molecule has 5 nitrogen and oxygen atoms in total. The zero-order valence-corrected chi connectivity index (χ0v) is 12.9. The monoisotopic (exact) mass is 309 g/mol. The summed E-state index contributed by atoms with van der Waals surface area (Å²) in [6.07, 6.45) is 4.23. The van der Waals surface area contributed by atoms with Gasteiger partial charge >= 0.3 is 0 Å². The molecule has 118 valence electrons. The van der Waals surface area contributed by atoms with E-state index in [-0.39, 0.29) is 5.91 Å². The van der Waals surface area contributed by atoms with E-state index in [1.807, 2.05) is 4.90 Å². The van der Waals surface area contributed by atoms with Crippen LogP contribution in [-0.4, -0.2) is 43.7 Å². The lowest BCUT2D eigenvalue weighted by atomic mass is 10.1. The van der Waals surface area contributed by atoms with Gasteiger partial charge in [-0.05, 0) is 36.2 Å². The van der Waals surface area contributed by atoms with Crippen molar-refractivity contribution in [1.29, 1.82) is 0 Å². The van der Waals surface area contributed by atoms with Crippen LogP contribution in [0.5, 0.6) is 0 Å². The van der Waals surface area contributed by atoms with Gasteiger partial charge in [-0.1, -0.05) is 6.07 Å². The van der Waals surface area contributed by atoms with Crippen molar-refractivity contribution in [2.75, 3.05) is 42.6 Å². The second-order valence-electron chi connectivity index (χ2n) is 5.86. The summed E-state index contributed by atoms with van der Waals surface area (Å²) >= 11 is 0. The van der Waals surface area contributed by atoms with Gasteiger partial charge < -0.3 is 14.5 Å². The summed E-state index contributed by atoms with van der Waals surface area (Å²) in [5, 5.41) is 0. The van der Waals surface area contributed by atoms with E-state index < -0.39 is 0 Å². The normalized spacial score (nSPS) is 17.2. The number of anilines is 2. The molecule has 0 unspecified atom stereocenters. The lowest BCUT2D eigenvalue weighted by Crippen LogP contribution is -2.36. The number of aromatic nitrogens is 1. The molecule has 1 aromatic carbocycles. The van der Waals surface area contributed by atoms with Gasteiger partial charge in [-0.3, -0.25) is 9.78 Å². The highest BCUT2D eigenvalue weighted by Crippen LogP contribution is 2.33. The van der Waals surface area contributed by atoms with Crippen molar-refractivity contribution in [3.8, 4) is 0 Å². The maximum Gasteiger partial charge on any atom is 0.258 e. The van der Waals surface area contributed by atoms with E-state index in [1.54, 1.807) is 24.5 Å². The third-order valence-corrected chi connectivity index (χ3v) is 4.51. The van der Waals surface area contributed by atoms with Crippen LogP contribution in [0.2, 0.25) is 0 Å². The first kappa shape index (κ1) is 14.2. The van der Waals surface area contributed by atoms with Gasteiger partial charge in [0.05, 0.1) is 13.2 Å². The molecule has 1 fully saturated rings. The average molecular weight is 309 g/mol. The molecule has 0 saturated carbocycles. The third-order valence-electron chi connectivity index (χ3n) is 4.51. The number of nitrogens with zero attached hydrogens (tertiary/aromatic N) is 3. The van der Waals surface area contributed by atoms with Crippen molar-refractivity contribution in [3.05, 3.63) is 53.9 Å². The first-order valence-corrected chi connectivity index (χ1v) is 8.00. The van der Waals surface area contributed by atoms with Crippen LogP contribution >= 0.6 is 0 Å². The molecular weight excluding hydrogens is 290 g/mol. The quantitative estimate of drug-likeness (QED) is 0.852. The van der Waals surface area contributed by atoms with Gasteiger partial charge in [0.1, 0.15) is 0 Å². The molecule has 4 rings (SSSR count). The Morgan fingerprint density at radius 2 is 1.83 bits per heavy atom. The number of rotatable bonds is 2. The van der Waals surface area contributed by atoms with Crippen LogP contribution in [0.4, 0.5) is 11.4 Å². The summed E-state index contributed by atoms with van der Waals surface area (Å²) in [5.41, 5.74) is 4.13. The number of pyridine rings is 1. The Morgan fingerprint density at radius 3 is 2.61 bits per heavy atom. The van der Waals surface area contributed by atoms with Crippen molar-refractivity contribution in [3.63, 3.8) is 0 Å². The standard InChI is InChI=1S/C18H19N3O2/c22-18(15-3-6-19-7-4-15)21-8-5-14-1-2-16(13-17(14)21)20-9-11-23-12-10-20/h1-4,6-7,13H,5,8-12H2. The Morgan fingerprint density at radius 1 is 1.04 bits per heavy atom. The highest BCUT2D eigenvalue weighted by Gasteiger charge is 2.26. The third kappa shape index (κ3) is 2.68. The highest BCUT2D eigenvalue weighted by atomic mass is 16.5. The molecule has 0 bridgehead atoms. The van der Waals surface area contributed by atoms with Crippen LogP contribution in [0, 0.1) is 0 Å². The Labute approximate surface area is 135 Å². The van der Waals surface area contributed by atoms with Gasteiger partial charge in [-0.15, -0.1) is 0 Å². The number of hydrogen-bond acceptors (Lipinski definition) is 4. The van der Waals surface area contributed by atoms with E-state index in [1.165, 1.54) is 11.3 Å². The van der Waals surface area contributed by atoms with Crippen LogP contribution in [-0.2, 0) is 11.2 Å². The van der Waals surface area contributed by atoms with Crippen molar-refractivity contribution < 1.29 is 9.53 Å². The summed E-state index contributed by atoms with van der Waals surface area (Å²) in [5.74, 6) is 0.0466. The largest absolute Gasteiger partial charge is 0.378 e. The predicted octanol–water partition coefficient (Wildman–Crippen LogP) is 2.12. The first-order chi connectivity index (χ1) is 11.3. The summed E-state index contributed by atoms with van der Waals surface area (Å²) in [6, 6.07) is 10.00. The van der Waals surface area contributed by atoms with E-state index in [0.29, 0.717) is 5.56 Å². The van der Waals surface area contributed by atoms with Crippen molar-refractivity contribution in [2.45, 2.75) is 6.42 Å². The average Bonchev–Trinajstić information content (AvgIpc) is 3.05. The number of carbonyl (C=O) groups is 1. The Hall–Kier alpha value is -2.40. The number of benzene rings is 1. The molecule has 23 heavy (non-hydrogen) atoms. The molecule has 1 saturated heterocycles. The molecule has 1 aromatic heterocycles. The van der Waals surface area contributed by atoms with Crippen LogP contribution in [0.15, 0.2) is 42.7 Å². The second kappa shape index (κ2) is 6.01. The fourth-order valence-corrected chi connectivity index (χ4v) is 3.25. The van der Waals surface area contributed by atoms with E-state index in [0.717, 1.165) is 45.0 Å².